The van der Waals surface area contributed by atoms with Gasteiger partial charge in [0.15, 0.2) is 6.10 Å². The summed E-state index contributed by atoms with van der Waals surface area (Å²) in [4.78, 5) is 37.4. The van der Waals surface area contributed by atoms with Gasteiger partial charge in [-0.3, -0.25) is 9.59 Å². The summed E-state index contributed by atoms with van der Waals surface area (Å²) in [5.41, 5.74) is 0. The molecule has 434 valence electrons. The van der Waals surface area contributed by atoms with E-state index in [-0.39, 0.29) is 32.2 Å². The predicted octanol–water partition coefficient (Wildman–Crippen LogP) is 18.9. The quantitative estimate of drug-likeness (QED) is 0.0211. The van der Waals surface area contributed by atoms with E-state index in [2.05, 4.69) is 50.3 Å². The number of rotatable bonds is 59. The molecule has 0 saturated carbocycles. The van der Waals surface area contributed by atoms with Gasteiger partial charge in [-0.05, 0) is 70.6 Å². The zero-order valence-corrected chi connectivity index (χ0v) is 49.5. The number of carbonyl (C=O) groups is 3. The van der Waals surface area contributed by atoms with Gasteiger partial charge in [-0.15, -0.1) is 0 Å². The lowest BCUT2D eigenvalue weighted by atomic mass is 10.0. The van der Waals surface area contributed by atoms with Gasteiger partial charge >= 0.3 is 17.9 Å². The average molecular weight is 1050 g/mol. The van der Waals surface area contributed by atoms with E-state index in [1.54, 1.807) is 0 Å². The zero-order valence-electron chi connectivity index (χ0n) is 49.5. The number of unbranched alkanes of at least 4 members (excludes halogenated alkanes) is 38. The molecule has 1 N–H and O–H groups in total. The van der Waals surface area contributed by atoms with Gasteiger partial charge in [-0.2, -0.15) is 0 Å². The van der Waals surface area contributed by atoms with Gasteiger partial charge in [0.2, 0.25) is 0 Å². The van der Waals surface area contributed by atoms with Crippen molar-refractivity contribution in [1.82, 2.24) is 0 Å². The van der Waals surface area contributed by atoms with Crippen molar-refractivity contribution in [3.05, 3.63) is 36.5 Å². The number of carboxylic acids is 1. The van der Waals surface area contributed by atoms with Crippen LogP contribution in [0.15, 0.2) is 36.5 Å². The highest BCUT2D eigenvalue weighted by atomic mass is 16.7. The standard InChI is InChI=1S/C65H121NO8/c1-6-8-10-12-14-16-18-20-22-24-25-26-27-28-29-30-31-32-33-34-35-36-37-38-39-40-42-44-46-48-50-52-54-56-63(68)74-61(60-73-65(64(69)70)71-58-57-66(3,4)5)59-72-62(67)55-53-51-49-47-45-43-41-23-21-19-17-15-13-11-9-7-2/h18,20,23-25,41,61,65H,6-17,19,21-22,26-40,42-60H2,1-5H3/p+1/b20-18-,25-24-,41-23-. The highest BCUT2D eigenvalue weighted by Gasteiger charge is 2.25. The van der Waals surface area contributed by atoms with Crippen LogP contribution in [-0.2, 0) is 33.3 Å². The number of allylic oxidation sites excluding steroid dienone is 6. The highest BCUT2D eigenvalue weighted by molar-refractivity contribution is 5.71. The summed E-state index contributed by atoms with van der Waals surface area (Å²) >= 11 is 0. The third-order valence-electron chi connectivity index (χ3n) is 14.1. The Morgan fingerprint density at radius 1 is 0.405 bits per heavy atom. The molecule has 0 amide bonds. The molecule has 0 bridgehead atoms. The second-order valence-corrected chi connectivity index (χ2v) is 22.7. The average Bonchev–Trinajstić information content (AvgIpc) is 3.37. The second kappa shape index (κ2) is 56.7. The Bertz CT molecular complexity index is 1310. The fraction of sp³-hybridized carbons (Fsp3) is 0.862. The fourth-order valence-electron chi connectivity index (χ4n) is 9.22. The summed E-state index contributed by atoms with van der Waals surface area (Å²) in [7, 11) is 5.98. The molecule has 0 aromatic heterocycles. The van der Waals surface area contributed by atoms with Crippen molar-refractivity contribution < 1.29 is 42.9 Å². The normalized spacial score (nSPS) is 12.9. The predicted molar refractivity (Wildman–Crippen MR) is 314 cm³/mol. The summed E-state index contributed by atoms with van der Waals surface area (Å²) in [5.74, 6) is -2.00. The first-order valence-electron chi connectivity index (χ1n) is 31.7. The number of quaternary nitrogens is 1. The summed E-state index contributed by atoms with van der Waals surface area (Å²) in [6.07, 6.45) is 66.7. The van der Waals surface area contributed by atoms with Gasteiger partial charge in [0.1, 0.15) is 13.2 Å². The number of likely N-dealkylation sites (N-methyl/N-ethyl adjacent to an activating group) is 1. The van der Waals surface area contributed by atoms with Crippen LogP contribution in [0.25, 0.3) is 0 Å². The van der Waals surface area contributed by atoms with Crippen LogP contribution in [0, 0.1) is 0 Å². The smallest absolute Gasteiger partial charge is 0.361 e. The lowest BCUT2D eigenvalue weighted by Crippen LogP contribution is -2.40. The Kier molecular flexibility index (Phi) is 54.8. The van der Waals surface area contributed by atoms with Crippen molar-refractivity contribution >= 4 is 17.9 Å². The maximum absolute atomic E-state index is 12.9. The fourth-order valence-corrected chi connectivity index (χ4v) is 9.22. The first-order chi connectivity index (χ1) is 36.1. The molecule has 0 heterocycles. The number of carboxylic acid groups (broad SMARTS) is 1. The summed E-state index contributed by atoms with van der Waals surface area (Å²) in [6.45, 7) is 4.90. The van der Waals surface area contributed by atoms with Gasteiger partial charge in [-0.1, -0.05) is 256 Å². The Morgan fingerprint density at radius 3 is 1.08 bits per heavy atom. The molecular formula is C65H122NO8+. The summed E-state index contributed by atoms with van der Waals surface area (Å²) < 4.78 is 22.9. The Hall–Kier alpha value is -2.49. The Morgan fingerprint density at radius 2 is 0.730 bits per heavy atom. The molecule has 9 heteroatoms. The number of carbonyl (C=O) groups excluding carboxylic acids is 2. The third kappa shape index (κ3) is 57.2. The van der Waals surface area contributed by atoms with E-state index in [0.29, 0.717) is 17.4 Å². The second-order valence-electron chi connectivity index (χ2n) is 22.7. The molecule has 0 rings (SSSR count). The van der Waals surface area contributed by atoms with Crippen LogP contribution >= 0.6 is 0 Å². The first kappa shape index (κ1) is 71.5. The molecule has 0 radical (unpaired) electrons. The molecule has 0 aliphatic heterocycles. The maximum atomic E-state index is 12.9. The largest absolute Gasteiger partial charge is 0.477 e. The van der Waals surface area contributed by atoms with Crippen molar-refractivity contribution in [3.8, 4) is 0 Å². The molecule has 2 atom stereocenters. The third-order valence-corrected chi connectivity index (χ3v) is 14.1. The minimum Gasteiger partial charge on any atom is -0.477 e. The van der Waals surface area contributed by atoms with Gasteiger partial charge in [0.25, 0.3) is 6.29 Å². The zero-order chi connectivity index (χ0) is 54.1. The SMILES string of the molecule is CCCCCCC/C=C\C/C=C\CCCCCCCCCCCCCCCCCCCCCCCC(=O)OC(COC(=O)CCCCCCC/C=C\CCCCCCCCC)COC(OCC[N+](C)(C)C)C(=O)O. The topological polar surface area (TPSA) is 108 Å². The highest BCUT2D eigenvalue weighted by Crippen LogP contribution is 2.17. The lowest BCUT2D eigenvalue weighted by molar-refractivity contribution is -0.870. The van der Waals surface area contributed by atoms with Crippen molar-refractivity contribution in [1.29, 1.82) is 0 Å². The minimum absolute atomic E-state index is 0.182. The molecule has 0 aromatic carbocycles. The van der Waals surface area contributed by atoms with Crippen LogP contribution in [0.4, 0.5) is 0 Å². The molecule has 0 saturated heterocycles. The van der Waals surface area contributed by atoms with Gasteiger partial charge < -0.3 is 28.5 Å². The van der Waals surface area contributed by atoms with Crippen LogP contribution in [0.1, 0.15) is 303 Å². The van der Waals surface area contributed by atoms with Crippen LogP contribution in [-0.4, -0.2) is 87.4 Å². The molecule has 0 aromatic rings. The van der Waals surface area contributed by atoms with Crippen LogP contribution in [0.5, 0.6) is 0 Å². The number of hydrogen-bond donors (Lipinski definition) is 1. The first-order valence-corrected chi connectivity index (χ1v) is 31.7. The minimum atomic E-state index is -1.51. The van der Waals surface area contributed by atoms with Crippen molar-refractivity contribution in [2.75, 3.05) is 47.5 Å². The van der Waals surface area contributed by atoms with Crippen LogP contribution < -0.4 is 0 Å². The van der Waals surface area contributed by atoms with Crippen LogP contribution in [0.2, 0.25) is 0 Å². The van der Waals surface area contributed by atoms with E-state index in [4.69, 9.17) is 18.9 Å². The molecule has 2 unspecified atom stereocenters. The van der Waals surface area contributed by atoms with Gasteiger partial charge in [0, 0.05) is 12.8 Å². The molecule has 0 fully saturated rings. The van der Waals surface area contributed by atoms with E-state index >= 15 is 0 Å². The maximum Gasteiger partial charge on any atom is 0.361 e. The van der Waals surface area contributed by atoms with E-state index in [1.807, 2.05) is 21.1 Å². The monoisotopic (exact) mass is 1040 g/mol. The number of hydrogen-bond acceptors (Lipinski definition) is 7. The molecule has 0 aliphatic rings. The van der Waals surface area contributed by atoms with E-state index in [9.17, 15) is 19.5 Å². The van der Waals surface area contributed by atoms with Gasteiger partial charge in [-0.25, -0.2) is 4.79 Å². The summed E-state index contributed by atoms with van der Waals surface area (Å²) in [6, 6.07) is 0. The molecule has 9 nitrogen and oxygen atoms in total. The van der Waals surface area contributed by atoms with E-state index in [0.717, 1.165) is 57.8 Å². The van der Waals surface area contributed by atoms with Crippen molar-refractivity contribution in [3.63, 3.8) is 0 Å². The Balaban J connectivity index is 4.06. The molecule has 0 spiro atoms. The molecular weight excluding hydrogens is 923 g/mol. The van der Waals surface area contributed by atoms with E-state index in [1.165, 1.54) is 218 Å². The number of ether oxygens (including phenoxy) is 4. The van der Waals surface area contributed by atoms with Gasteiger partial charge in [0.05, 0.1) is 34.4 Å². The molecule has 74 heavy (non-hydrogen) atoms. The van der Waals surface area contributed by atoms with E-state index < -0.39 is 24.3 Å². The number of aliphatic carboxylic acids is 1. The summed E-state index contributed by atoms with van der Waals surface area (Å²) in [5, 5.41) is 9.71. The number of esters is 2. The van der Waals surface area contributed by atoms with Crippen LogP contribution in [0.3, 0.4) is 0 Å². The lowest BCUT2D eigenvalue weighted by Gasteiger charge is -2.25. The molecule has 0 aliphatic carbocycles. The van der Waals surface area contributed by atoms with Crippen molar-refractivity contribution in [2.24, 2.45) is 0 Å². The van der Waals surface area contributed by atoms with Crippen molar-refractivity contribution in [2.45, 2.75) is 315 Å². The Labute approximate surface area is 458 Å². The number of nitrogens with zero attached hydrogens (tertiary/aromatic N) is 1.